The van der Waals surface area contributed by atoms with Gasteiger partial charge in [0, 0.05) is 25.3 Å². The molecule has 1 aromatic carbocycles. The summed E-state index contributed by atoms with van der Waals surface area (Å²) in [6.07, 6.45) is 3.20. The first-order valence-electron chi connectivity index (χ1n) is 9.12. The fourth-order valence-corrected chi connectivity index (χ4v) is 3.81. The van der Waals surface area contributed by atoms with E-state index < -0.39 is 0 Å². The van der Waals surface area contributed by atoms with Crippen LogP contribution in [0.5, 0.6) is 0 Å². The highest BCUT2D eigenvalue weighted by Crippen LogP contribution is 2.23. The largest absolute Gasteiger partial charge is 0.375 e. The molecule has 132 valence electrons. The van der Waals surface area contributed by atoms with Gasteiger partial charge in [0.15, 0.2) is 0 Å². The Bertz CT molecular complexity index is 590. The number of urea groups is 1. The number of hydrogen-bond acceptors (Lipinski definition) is 3. The molecular weight excluding hydrogens is 302 g/mol. The molecule has 0 saturated carbocycles. The maximum atomic E-state index is 12.7. The Kier molecular flexibility index (Phi) is 5.41. The summed E-state index contributed by atoms with van der Waals surface area (Å²) in [6.45, 7) is 7.56. The van der Waals surface area contributed by atoms with Crippen molar-refractivity contribution in [2.75, 3.05) is 38.6 Å². The molecule has 3 rings (SSSR count). The van der Waals surface area contributed by atoms with Crippen molar-refractivity contribution in [1.29, 1.82) is 0 Å². The van der Waals surface area contributed by atoms with Crippen LogP contribution in [0.1, 0.15) is 31.4 Å². The molecule has 0 radical (unpaired) electrons. The average Bonchev–Trinajstić information content (AvgIpc) is 2.61. The zero-order valence-corrected chi connectivity index (χ0v) is 15.0. The van der Waals surface area contributed by atoms with E-state index in [2.05, 4.69) is 43.2 Å². The van der Waals surface area contributed by atoms with Gasteiger partial charge in [-0.2, -0.15) is 0 Å². The number of nitrogens with zero attached hydrogens (tertiary/aromatic N) is 2. The summed E-state index contributed by atoms with van der Waals surface area (Å²) < 4.78 is 5.85. The van der Waals surface area contributed by atoms with Gasteiger partial charge in [-0.15, -0.1) is 0 Å². The molecule has 2 atom stereocenters. The number of likely N-dealkylation sites (N-methyl/N-ethyl adjacent to an activating group) is 1. The summed E-state index contributed by atoms with van der Waals surface area (Å²) in [5.74, 6) is 0. The van der Waals surface area contributed by atoms with Crippen LogP contribution in [-0.2, 0) is 17.6 Å². The molecule has 2 aliphatic heterocycles. The Morgan fingerprint density at radius 1 is 1.25 bits per heavy atom. The molecule has 5 nitrogen and oxygen atoms in total. The van der Waals surface area contributed by atoms with E-state index in [-0.39, 0.29) is 12.1 Å². The van der Waals surface area contributed by atoms with Gasteiger partial charge >= 0.3 is 6.03 Å². The number of hydrogen-bond donors (Lipinski definition) is 1. The number of piperidine rings is 1. The number of anilines is 1. The second kappa shape index (κ2) is 7.53. The van der Waals surface area contributed by atoms with E-state index in [0.29, 0.717) is 6.04 Å². The SMILES string of the molecule is CCc1ccc(NC(=O)N2CC[C@H]3OCCN(C)[C@@H]3C2)cc1CC. The molecule has 5 heteroatoms. The standard InChI is InChI=1S/C19H29N3O2/c1-4-14-6-7-16(12-15(14)5-2)20-19(23)22-9-8-18-17(13-22)21(3)10-11-24-18/h6-7,12,17-18H,4-5,8-11,13H2,1-3H3,(H,20,23)/t17-,18-/m1/s1. The van der Waals surface area contributed by atoms with Crippen molar-refractivity contribution in [2.24, 2.45) is 0 Å². The number of amides is 2. The van der Waals surface area contributed by atoms with E-state index in [9.17, 15) is 4.79 Å². The van der Waals surface area contributed by atoms with Crippen molar-refractivity contribution in [3.63, 3.8) is 0 Å². The Morgan fingerprint density at radius 2 is 2.04 bits per heavy atom. The Labute approximate surface area is 145 Å². The third-order valence-corrected chi connectivity index (χ3v) is 5.37. The van der Waals surface area contributed by atoms with E-state index in [1.807, 2.05) is 11.0 Å². The molecule has 0 spiro atoms. The fraction of sp³-hybridized carbons (Fsp3) is 0.632. The van der Waals surface area contributed by atoms with Crippen molar-refractivity contribution >= 4 is 11.7 Å². The van der Waals surface area contributed by atoms with Gasteiger partial charge in [-0.25, -0.2) is 4.79 Å². The van der Waals surface area contributed by atoms with Crippen LogP contribution in [0.25, 0.3) is 0 Å². The first-order chi connectivity index (χ1) is 11.6. The maximum absolute atomic E-state index is 12.7. The summed E-state index contributed by atoms with van der Waals surface area (Å²) in [5.41, 5.74) is 3.57. The number of morpholine rings is 1. The summed E-state index contributed by atoms with van der Waals surface area (Å²) in [6, 6.07) is 6.56. The minimum atomic E-state index is -0.00118. The zero-order chi connectivity index (χ0) is 17.1. The van der Waals surface area contributed by atoms with Crippen LogP contribution in [-0.4, -0.2) is 61.3 Å². The Balaban J connectivity index is 1.65. The van der Waals surface area contributed by atoms with Crippen molar-refractivity contribution in [3.05, 3.63) is 29.3 Å². The number of benzene rings is 1. The minimum absolute atomic E-state index is 0.00118. The molecule has 2 heterocycles. The third kappa shape index (κ3) is 3.57. The van der Waals surface area contributed by atoms with Crippen LogP contribution in [0.3, 0.4) is 0 Å². The van der Waals surface area contributed by atoms with Gasteiger partial charge in [-0.3, -0.25) is 4.90 Å². The topological polar surface area (TPSA) is 44.8 Å². The van der Waals surface area contributed by atoms with Gasteiger partial charge in [-0.1, -0.05) is 19.9 Å². The number of rotatable bonds is 3. The van der Waals surface area contributed by atoms with Crippen molar-refractivity contribution < 1.29 is 9.53 Å². The predicted molar refractivity (Wildman–Crippen MR) is 96.6 cm³/mol. The molecule has 0 aliphatic carbocycles. The average molecular weight is 331 g/mol. The van der Waals surface area contributed by atoms with Crippen molar-refractivity contribution in [2.45, 2.75) is 45.3 Å². The van der Waals surface area contributed by atoms with Gasteiger partial charge in [0.25, 0.3) is 0 Å². The second-order valence-electron chi connectivity index (χ2n) is 6.81. The molecule has 2 aliphatic rings. The molecule has 0 unspecified atom stereocenters. The lowest BCUT2D eigenvalue weighted by Crippen LogP contribution is -2.60. The highest BCUT2D eigenvalue weighted by molar-refractivity contribution is 5.89. The quantitative estimate of drug-likeness (QED) is 0.926. The first-order valence-corrected chi connectivity index (χ1v) is 9.12. The summed E-state index contributed by atoms with van der Waals surface area (Å²) in [5, 5.41) is 3.08. The number of carbonyl (C=O) groups is 1. The van der Waals surface area contributed by atoms with E-state index in [0.717, 1.165) is 51.2 Å². The lowest BCUT2D eigenvalue weighted by atomic mass is 9.99. The van der Waals surface area contributed by atoms with Gasteiger partial charge in [0.05, 0.1) is 18.8 Å². The Morgan fingerprint density at radius 3 is 2.79 bits per heavy atom. The van der Waals surface area contributed by atoms with Gasteiger partial charge in [0.2, 0.25) is 0 Å². The fourth-order valence-electron chi connectivity index (χ4n) is 3.81. The number of carbonyl (C=O) groups excluding carboxylic acids is 1. The van der Waals surface area contributed by atoms with Crippen molar-refractivity contribution in [3.8, 4) is 0 Å². The highest BCUT2D eigenvalue weighted by atomic mass is 16.5. The summed E-state index contributed by atoms with van der Waals surface area (Å²) in [4.78, 5) is 16.9. The van der Waals surface area contributed by atoms with Crippen LogP contribution in [0.15, 0.2) is 18.2 Å². The van der Waals surface area contributed by atoms with Gasteiger partial charge in [-0.05, 0) is 49.6 Å². The first kappa shape index (κ1) is 17.2. The summed E-state index contributed by atoms with van der Waals surface area (Å²) >= 11 is 0. The molecule has 2 fully saturated rings. The van der Waals surface area contributed by atoms with E-state index in [4.69, 9.17) is 4.74 Å². The van der Waals surface area contributed by atoms with Crippen LogP contribution >= 0.6 is 0 Å². The monoisotopic (exact) mass is 331 g/mol. The van der Waals surface area contributed by atoms with Crippen LogP contribution in [0.2, 0.25) is 0 Å². The minimum Gasteiger partial charge on any atom is -0.375 e. The molecular formula is C19H29N3O2. The van der Waals surface area contributed by atoms with Crippen LogP contribution in [0.4, 0.5) is 10.5 Å². The molecule has 2 saturated heterocycles. The van der Waals surface area contributed by atoms with Crippen LogP contribution < -0.4 is 5.32 Å². The van der Waals surface area contributed by atoms with E-state index in [1.54, 1.807) is 0 Å². The number of fused-ring (bicyclic) bond motifs is 1. The molecule has 1 N–H and O–H groups in total. The number of nitrogens with one attached hydrogen (secondary N) is 1. The molecule has 0 bridgehead atoms. The van der Waals surface area contributed by atoms with Crippen LogP contribution in [0, 0.1) is 0 Å². The summed E-state index contributed by atoms with van der Waals surface area (Å²) in [7, 11) is 2.12. The second-order valence-corrected chi connectivity index (χ2v) is 6.81. The molecule has 2 amide bonds. The molecule has 1 aromatic rings. The number of aryl methyl sites for hydroxylation is 2. The zero-order valence-electron chi connectivity index (χ0n) is 15.0. The normalized spacial score (nSPS) is 24.5. The lowest BCUT2D eigenvalue weighted by molar-refractivity contribution is -0.0875. The Hall–Kier alpha value is -1.59. The van der Waals surface area contributed by atoms with Gasteiger partial charge < -0.3 is 15.0 Å². The highest BCUT2D eigenvalue weighted by Gasteiger charge is 2.36. The third-order valence-electron chi connectivity index (χ3n) is 5.37. The van der Waals surface area contributed by atoms with Gasteiger partial charge in [0.1, 0.15) is 0 Å². The molecule has 0 aromatic heterocycles. The molecule has 24 heavy (non-hydrogen) atoms. The number of likely N-dealkylation sites (tertiary alicyclic amines) is 1. The smallest absolute Gasteiger partial charge is 0.321 e. The lowest BCUT2D eigenvalue weighted by Gasteiger charge is -2.45. The van der Waals surface area contributed by atoms with E-state index >= 15 is 0 Å². The maximum Gasteiger partial charge on any atom is 0.321 e. The predicted octanol–water partition coefficient (Wildman–Crippen LogP) is 2.75. The van der Waals surface area contributed by atoms with E-state index in [1.165, 1.54) is 11.1 Å². The number of ether oxygens (including phenoxy) is 1. The van der Waals surface area contributed by atoms with Crippen molar-refractivity contribution in [1.82, 2.24) is 9.80 Å².